The first-order valence-corrected chi connectivity index (χ1v) is 7.25. The number of hydrogen-bond acceptors (Lipinski definition) is 5. The Balaban J connectivity index is 2.10. The van der Waals surface area contributed by atoms with Crippen molar-refractivity contribution in [3.8, 4) is 0 Å². The number of primary sulfonamides is 1. The summed E-state index contributed by atoms with van der Waals surface area (Å²) in [4.78, 5) is 0.0210. The lowest BCUT2D eigenvalue weighted by Gasteiger charge is -2.12. The Kier molecular flexibility index (Phi) is 3.74. The minimum Gasteiger partial charge on any atom is -0.399 e. The van der Waals surface area contributed by atoms with Gasteiger partial charge in [-0.2, -0.15) is 0 Å². The van der Waals surface area contributed by atoms with Crippen LogP contribution in [0.3, 0.4) is 0 Å². The van der Waals surface area contributed by atoms with Crippen LogP contribution >= 0.6 is 0 Å². The Morgan fingerprint density at radius 1 is 1.39 bits per heavy atom. The predicted molar refractivity (Wildman–Crippen MR) is 69.6 cm³/mol. The fourth-order valence-corrected chi connectivity index (χ4v) is 2.49. The van der Waals surface area contributed by atoms with Crippen LogP contribution in [-0.4, -0.2) is 28.2 Å². The molecule has 0 bridgehead atoms. The van der Waals surface area contributed by atoms with Crippen molar-refractivity contribution >= 4 is 21.4 Å². The first kappa shape index (κ1) is 13.1. The molecule has 1 aliphatic rings. The maximum absolute atomic E-state index is 11.3. The summed E-state index contributed by atoms with van der Waals surface area (Å²) in [6.07, 6.45) is 1.01. The summed E-state index contributed by atoms with van der Waals surface area (Å²) in [6, 6.07) is 4.52. The van der Waals surface area contributed by atoms with E-state index in [0.717, 1.165) is 26.2 Å². The monoisotopic (exact) mass is 271 g/mol. The SMILES string of the molecule is Nc1cc(NCC2CCOC2)cc(S(N)(=O)=O)c1. The molecule has 1 aliphatic heterocycles. The van der Waals surface area contributed by atoms with E-state index in [1.807, 2.05) is 0 Å². The molecule has 1 aromatic carbocycles. The molecule has 0 saturated carbocycles. The number of hydrogen-bond donors (Lipinski definition) is 3. The highest BCUT2D eigenvalue weighted by Gasteiger charge is 2.16. The van der Waals surface area contributed by atoms with E-state index in [-0.39, 0.29) is 4.90 Å². The molecule has 100 valence electrons. The van der Waals surface area contributed by atoms with Crippen molar-refractivity contribution in [2.75, 3.05) is 30.8 Å². The molecule has 1 heterocycles. The molecule has 6 nitrogen and oxygen atoms in total. The summed E-state index contributed by atoms with van der Waals surface area (Å²) >= 11 is 0. The third kappa shape index (κ3) is 3.34. The summed E-state index contributed by atoms with van der Waals surface area (Å²) in [6.45, 7) is 2.25. The van der Waals surface area contributed by atoms with Crippen LogP contribution in [0.1, 0.15) is 6.42 Å². The van der Waals surface area contributed by atoms with Crippen LogP contribution in [0.25, 0.3) is 0 Å². The van der Waals surface area contributed by atoms with Gasteiger partial charge in [0, 0.05) is 30.4 Å². The minimum atomic E-state index is -3.73. The molecule has 0 aromatic heterocycles. The molecule has 18 heavy (non-hydrogen) atoms. The van der Waals surface area contributed by atoms with Crippen LogP contribution < -0.4 is 16.2 Å². The van der Waals surface area contributed by atoms with Gasteiger partial charge in [-0.15, -0.1) is 0 Å². The van der Waals surface area contributed by atoms with Gasteiger partial charge in [-0.05, 0) is 24.6 Å². The number of sulfonamides is 1. The van der Waals surface area contributed by atoms with Gasteiger partial charge in [-0.1, -0.05) is 0 Å². The lowest BCUT2D eigenvalue weighted by molar-refractivity contribution is 0.187. The molecule has 2 rings (SSSR count). The fourth-order valence-electron chi connectivity index (χ4n) is 1.89. The van der Waals surface area contributed by atoms with E-state index in [9.17, 15) is 8.42 Å². The third-order valence-corrected chi connectivity index (χ3v) is 3.77. The number of nitrogens with one attached hydrogen (secondary N) is 1. The van der Waals surface area contributed by atoms with E-state index in [2.05, 4.69) is 5.32 Å². The maximum atomic E-state index is 11.3. The lowest BCUT2D eigenvalue weighted by atomic mass is 10.1. The van der Waals surface area contributed by atoms with Crippen LogP contribution in [0.5, 0.6) is 0 Å². The molecule has 1 fully saturated rings. The zero-order valence-corrected chi connectivity index (χ0v) is 10.7. The van der Waals surface area contributed by atoms with Crippen LogP contribution in [0, 0.1) is 5.92 Å². The van der Waals surface area contributed by atoms with Gasteiger partial charge in [-0.3, -0.25) is 0 Å². The molecule has 7 heteroatoms. The average Bonchev–Trinajstić information content (AvgIpc) is 2.77. The number of rotatable bonds is 4. The summed E-state index contributed by atoms with van der Waals surface area (Å²) in [5.74, 6) is 0.448. The Morgan fingerprint density at radius 2 is 2.17 bits per heavy atom. The highest BCUT2D eigenvalue weighted by Crippen LogP contribution is 2.21. The molecular weight excluding hydrogens is 254 g/mol. The van der Waals surface area contributed by atoms with Gasteiger partial charge in [0.15, 0.2) is 0 Å². The van der Waals surface area contributed by atoms with Crippen molar-refractivity contribution in [1.29, 1.82) is 0 Å². The van der Waals surface area contributed by atoms with E-state index < -0.39 is 10.0 Å². The normalized spacial score (nSPS) is 19.9. The first-order chi connectivity index (χ1) is 8.45. The topological polar surface area (TPSA) is 107 Å². The van der Waals surface area contributed by atoms with Gasteiger partial charge in [0.25, 0.3) is 0 Å². The van der Waals surface area contributed by atoms with Gasteiger partial charge in [0.1, 0.15) is 0 Å². The van der Waals surface area contributed by atoms with Gasteiger partial charge in [0.2, 0.25) is 10.0 Å². The molecule has 1 aromatic rings. The summed E-state index contributed by atoms with van der Waals surface area (Å²) in [7, 11) is -3.73. The fraction of sp³-hybridized carbons (Fsp3) is 0.455. The highest BCUT2D eigenvalue weighted by molar-refractivity contribution is 7.89. The Bertz CT molecular complexity index is 524. The second-order valence-corrected chi connectivity index (χ2v) is 6.01. The van der Waals surface area contributed by atoms with Crippen molar-refractivity contribution in [3.05, 3.63) is 18.2 Å². The maximum Gasteiger partial charge on any atom is 0.238 e. The number of benzene rings is 1. The zero-order chi connectivity index (χ0) is 13.2. The average molecular weight is 271 g/mol. The van der Waals surface area contributed by atoms with Crippen LogP contribution in [0.4, 0.5) is 11.4 Å². The minimum absolute atomic E-state index is 0.0210. The molecule has 5 N–H and O–H groups in total. The number of nitrogens with two attached hydrogens (primary N) is 2. The van der Waals surface area contributed by atoms with Crippen LogP contribution in [0.15, 0.2) is 23.1 Å². The molecule has 0 aliphatic carbocycles. The van der Waals surface area contributed by atoms with Gasteiger partial charge < -0.3 is 15.8 Å². The molecule has 1 atom stereocenters. The Labute approximate surface area is 106 Å². The van der Waals surface area contributed by atoms with Crippen LogP contribution in [-0.2, 0) is 14.8 Å². The zero-order valence-electron chi connectivity index (χ0n) is 9.93. The molecule has 0 amide bonds. The van der Waals surface area contributed by atoms with E-state index in [0.29, 0.717) is 17.3 Å². The highest BCUT2D eigenvalue weighted by atomic mass is 32.2. The van der Waals surface area contributed by atoms with Crippen molar-refractivity contribution in [2.24, 2.45) is 11.1 Å². The second kappa shape index (κ2) is 5.13. The number of ether oxygens (including phenoxy) is 1. The third-order valence-electron chi connectivity index (χ3n) is 2.88. The molecule has 0 radical (unpaired) electrons. The Morgan fingerprint density at radius 3 is 2.78 bits per heavy atom. The second-order valence-electron chi connectivity index (χ2n) is 4.45. The molecule has 1 unspecified atom stereocenters. The number of nitrogen functional groups attached to an aromatic ring is 1. The van der Waals surface area contributed by atoms with Gasteiger partial charge in [0.05, 0.1) is 11.5 Å². The quantitative estimate of drug-likeness (QED) is 0.685. The van der Waals surface area contributed by atoms with Gasteiger partial charge >= 0.3 is 0 Å². The molecular formula is C11H17N3O3S. The van der Waals surface area contributed by atoms with E-state index >= 15 is 0 Å². The van der Waals surface area contributed by atoms with Crippen molar-refractivity contribution in [1.82, 2.24) is 0 Å². The van der Waals surface area contributed by atoms with E-state index in [1.165, 1.54) is 12.1 Å². The smallest absolute Gasteiger partial charge is 0.238 e. The molecule has 1 saturated heterocycles. The summed E-state index contributed by atoms with van der Waals surface area (Å²) < 4.78 is 27.8. The van der Waals surface area contributed by atoms with Gasteiger partial charge in [-0.25, -0.2) is 13.6 Å². The summed E-state index contributed by atoms with van der Waals surface area (Å²) in [5.41, 5.74) is 6.68. The van der Waals surface area contributed by atoms with Crippen LogP contribution in [0.2, 0.25) is 0 Å². The first-order valence-electron chi connectivity index (χ1n) is 5.70. The van der Waals surface area contributed by atoms with E-state index in [1.54, 1.807) is 6.07 Å². The van der Waals surface area contributed by atoms with Crippen molar-refractivity contribution in [3.63, 3.8) is 0 Å². The number of anilines is 2. The predicted octanol–water partition coefficient (Wildman–Crippen LogP) is 0.365. The Hall–Kier alpha value is -1.31. The largest absolute Gasteiger partial charge is 0.399 e. The van der Waals surface area contributed by atoms with Crippen molar-refractivity contribution in [2.45, 2.75) is 11.3 Å². The van der Waals surface area contributed by atoms with Crippen molar-refractivity contribution < 1.29 is 13.2 Å². The van der Waals surface area contributed by atoms with E-state index in [4.69, 9.17) is 15.6 Å². The standard InChI is InChI=1S/C11H17N3O3S/c12-9-3-10(5-11(4-9)18(13,15)16)14-6-8-1-2-17-7-8/h3-5,8,14H,1-2,6-7,12H2,(H2,13,15,16). The lowest BCUT2D eigenvalue weighted by Crippen LogP contribution is -2.16. The summed E-state index contributed by atoms with van der Waals surface area (Å²) in [5, 5.41) is 8.24. The molecule has 0 spiro atoms.